The van der Waals surface area contributed by atoms with E-state index in [4.69, 9.17) is 9.47 Å². The molecule has 2 aliphatic rings. The second-order valence-electron chi connectivity index (χ2n) is 7.34. The van der Waals surface area contributed by atoms with Gasteiger partial charge in [-0.1, -0.05) is 43.2 Å². The Labute approximate surface area is 160 Å². The molecule has 1 fully saturated rings. The lowest BCUT2D eigenvalue weighted by Crippen LogP contribution is -2.39. The van der Waals surface area contributed by atoms with E-state index in [1.807, 2.05) is 18.2 Å². The monoisotopic (exact) mass is 387 g/mol. The third-order valence-electron chi connectivity index (χ3n) is 5.58. The first-order valence-electron chi connectivity index (χ1n) is 9.54. The second-order valence-corrected chi connectivity index (χ2v) is 9.10. The largest absolute Gasteiger partial charge is 0.490 e. The minimum Gasteiger partial charge on any atom is -0.490 e. The highest BCUT2D eigenvalue weighted by molar-refractivity contribution is 7.89. The minimum absolute atomic E-state index is 0.125. The fourth-order valence-corrected chi connectivity index (χ4v) is 5.18. The fourth-order valence-electron chi connectivity index (χ4n) is 4.04. The molecule has 5 nitrogen and oxygen atoms in total. The molecule has 1 N–H and O–H groups in total. The van der Waals surface area contributed by atoms with Crippen molar-refractivity contribution in [3.8, 4) is 11.5 Å². The van der Waals surface area contributed by atoms with Gasteiger partial charge in [0.1, 0.15) is 0 Å². The molecule has 0 unspecified atom stereocenters. The highest BCUT2D eigenvalue weighted by Crippen LogP contribution is 2.41. The number of fused-ring (bicyclic) bond motifs is 1. The zero-order chi connectivity index (χ0) is 18.7. The topological polar surface area (TPSA) is 64.6 Å². The molecule has 0 atom stereocenters. The van der Waals surface area contributed by atoms with E-state index < -0.39 is 10.0 Å². The SMILES string of the molecule is O=S(=O)(NCC1(c2ccccc2)CCCC1)c1ccc2c(c1)OCCCO2. The molecular formula is C21H25NO4S. The van der Waals surface area contributed by atoms with E-state index in [1.54, 1.807) is 18.2 Å². The van der Waals surface area contributed by atoms with Gasteiger partial charge < -0.3 is 9.47 Å². The van der Waals surface area contributed by atoms with E-state index in [2.05, 4.69) is 16.9 Å². The molecule has 0 amide bonds. The van der Waals surface area contributed by atoms with Crippen LogP contribution in [0.3, 0.4) is 0 Å². The molecule has 1 heterocycles. The Kier molecular flexibility index (Phi) is 5.10. The van der Waals surface area contributed by atoms with Gasteiger partial charge in [-0.05, 0) is 30.5 Å². The smallest absolute Gasteiger partial charge is 0.240 e. The van der Waals surface area contributed by atoms with Gasteiger partial charge in [-0.3, -0.25) is 0 Å². The summed E-state index contributed by atoms with van der Waals surface area (Å²) in [7, 11) is -3.62. The predicted octanol–water partition coefficient (Wildman–Crippen LogP) is 3.64. The summed E-state index contributed by atoms with van der Waals surface area (Å²) in [6.45, 7) is 1.52. The van der Waals surface area contributed by atoms with Crippen LogP contribution in [-0.4, -0.2) is 28.2 Å². The second kappa shape index (κ2) is 7.52. The van der Waals surface area contributed by atoms with Gasteiger partial charge >= 0.3 is 0 Å². The number of hydrogen-bond donors (Lipinski definition) is 1. The average molecular weight is 388 g/mol. The number of nitrogens with one attached hydrogen (secondary N) is 1. The summed E-state index contributed by atoms with van der Waals surface area (Å²) in [5, 5.41) is 0. The molecule has 6 heteroatoms. The Morgan fingerprint density at radius 1 is 0.889 bits per heavy atom. The molecule has 0 aromatic heterocycles. The Bertz CT molecular complexity index is 890. The quantitative estimate of drug-likeness (QED) is 0.851. The van der Waals surface area contributed by atoms with Crippen LogP contribution in [-0.2, 0) is 15.4 Å². The van der Waals surface area contributed by atoms with Crippen LogP contribution in [0.5, 0.6) is 11.5 Å². The molecule has 1 aliphatic carbocycles. The maximum absolute atomic E-state index is 12.9. The number of rotatable bonds is 5. The van der Waals surface area contributed by atoms with Crippen molar-refractivity contribution in [3.63, 3.8) is 0 Å². The van der Waals surface area contributed by atoms with Crippen LogP contribution in [0.4, 0.5) is 0 Å². The number of ether oxygens (including phenoxy) is 2. The lowest BCUT2D eigenvalue weighted by Gasteiger charge is -2.30. The highest BCUT2D eigenvalue weighted by Gasteiger charge is 2.36. The first-order chi connectivity index (χ1) is 13.1. The number of sulfonamides is 1. The van der Waals surface area contributed by atoms with Crippen LogP contribution in [0, 0.1) is 0 Å². The third-order valence-corrected chi connectivity index (χ3v) is 6.98. The molecule has 27 heavy (non-hydrogen) atoms. The minimum atomic E-state index is -3.62. The zero-order valence-electron chi connectivity index (χ0n) is 15.3. The van der Waals surface area contributed by atoms with Crippen molar-refractivity contribution < 1.29 is 17.9 Å². The zero-order valence-corrected chi connectivity index (χ0v) is 16.1. The van der Waals surface area contributed by atoms with Crippen LogP contribution in [0.2, 0.25) is 0 Å². The molecule has 0 bridgehead atoms. The maximum Gasteiger partial charge on any atom is 0.240 e. The summed E-state index contributed by atoms with van der Waals surface area (Å²) >= 11 is 0. The van der Waals surface area contributed by atoms with Crippen molar-refractivity contribution in [1.29, 1.82) is 0 Å². The molecule has 1 saturated carbocycles. The van der Waals surface area contributed by atoms with Crippen molar-refractivity contribution in [2.45, 2.75) is 42.4 Å². The number of benzene rings is 2. The summed E-state index contributed by atoms with van der Waals surface area (Å²) in [6.07, 6.45) is 5.04. The molecule has 0 spiro atoms. The van der Waals surface area contributed by atoms with Crippen molar-refractivity contribution in [3.05, 3.63) is 54.1 Å². The normalized spacial score (nSPS) is 18.8. The van der Waals surface area contributed by atoms with Crippen LogP contribution in [0.25, 0.3) is 0 Å². The summed E-state index contributed by atoms with van der Waals surface area (Å²) in [5.74, 6) is 1.09. The van der Waals surface area contributed by atoms with Gasteiger partial charge in [0.15, 0.2) is 11.5 Å². The Morgan fingerprint density at radius 2 is 1.59 bits per heavy atom. The van der Waals surface area contributed by atoms with E-state index in [0.29, 0.717) is 31.3 Å². The summed E-state index contributed by atoms with van der Waals surface area (Å²) in [5.41, 5.74) is 1.09. The van der Waals surface area contributed by atoms with Crippen molar-refractivity contribution in [2.24, 2.45) is 0 Å². The van der Waals surface area contributed by atoms with E-state index in [1.165, 1.54) is 5.56 Å². The van der Waals surface area contributed by atoms with Gasteiger partial charge in [-0.2, -0.15) is 0 Å². The first kappa shape index (κ1) is 18.3. The van der Waals surface area contributed by atoms with Gasteiger partial charge in [0.25, 0.3) is 0 Å². The van der Waals surface area contributed by atoms with Gasteiger partial charge in [0.2, 0.25) is 10.0 Å². The molecule has 2 aromatic rings. The lowest BCUT2D eigenvalue weighted by atomic mass is 9.79. The van der Waals surface area contributed by atoms with Crippen molar-refractivity contribution in [2.75, 3.05) is 19.8 Å². The molecule has 1 aliphatic heterocycles. The molecule has 2 aromatic carbocycles. The van der Waals surface area contributed by atoms with Gasteiger partial charge in [-0.15, -0.1) is 0 Å². The summed E-state index contributed by atoms with van der Waals surface area (Å²) in [4.78, 5) is 0.216. The van der Waals surface area contributed by atoms with Gasteiger partial charge in [0, 0.05) is 24.4 Å². The Balaban J connectivity index is 1.55. The molecule has 4 rings (SSSR count). The molecular weight excluding hydrogens is 362 g/mol. The molecule has 0 saturated heterocycles. The third kappa shape index (κ3) is 3.82. The van der Waals surface area contributed by atoms with E-state index >= 15 is 0 Å². The van der Waals surface area contributed by atoms with Crippen LogP contribution in [0.15, 0.2) is 53.4 Å². The van der Waals surface area contributed by atoms with Crippen LogP contribution in [0.1, 0.15) is 37.7 Å². The average Bonchev–Trinajstić information content (AvgIpc) is 3.06. The number of hydrogen-bond acceptors (Lipinski definition) is 4. The van der Waals surface area contributed by atoms with Crippen molar-refractivity contribution in [1.82, 2.24) is 4.72 Å². The fraction of sp³-hybridized carbons (Fsp3) is 0.429. The molecule has 0 radical (unpaired) electrons. The predicted molar refractivity (Wildman–Crippen MR) is 104 cm³/mol. The Morgan fingerprint density at radius 3 is 2.33 bits per heavy atom. The highest BCUT2D eigenvalue weighted by atomic mass is 32.2. The maximum atomic E-state index is 12.9. The molecule has 144 valence electrons. The van der Waals surface area contributed by atoms with E-state index in [9.17, 15) is 8.42 Å². The lowest BCUT2D eigenvalue weighted by molar-refractivity contribution is 0.297. The van der Waals surface area contributed by atoms with Crippen LogP contribution >= 0.6 is 0 Å². The van der Waals surface area contributed by atoms with E-state index in [-0.39, 0.29) is 10.3 Å². The Hall–Kier alpha value is -2.05. The standard InChI is InChI=1S/C21H25NO4S/c23-27(24,18-9-10-19-20(15-18)26-14-6-13-25-19)22-16-21(11-4-5-12-21)17-7-2-1-3-8-17/h1-3,7-10,15,22H,4-6,11-14,16H2. The van der Waals surface area contributed by atoms with E-state index in [0.717, 1.165) is 32.1 Å². The van der Waals surface area contributed by atoms with Gasteiger partial charge in [0.05, 0.1) is 18.1 Å². The summed E-state index contributed by atoms with van der Waals surface area (Å²) in [6, 6.07) is 15.1. The summed E-state index contributed by atoms with van der Waals surface area (Å²) < 4.78 is 39.9. The first-order valence-corrected chi connectivity index (χ1v) is 11.0. The van der Waals surface area contributed by atoms with Crippen molar-refractivity contribution >= 4 is 10.0 Å². The van der Waals surface area contributed by atoms with Crippen LogP contribution < -0.4 is 14.2 Å². The van der Waals surface area contributed by atoms with Gasteiger partial charge in [-0.25, -0.2) is 13.1 Å².